The largest absolute Gasteiger partial charge is 0.488 e. The fourth-order valence-electron chi connectivity index (χ4n) is 1.90. The second kappa shape index (κ2) is 6.06. The predicted molar refractivity (Wildman–Crippen MR) is 72.3 cm³/mol. The number of carbonyl (C=O) groups is 1. The first kappa shape index (κ1) is 15.5. The summed E-state index contributed by atoms with van der Waals surface area (Å²) in [6.45, 7) is 9.58. The molecule has 1 unspecified atom stereocenters. The second-order valence-electron chi connectivity index (χ2n) is 5.48. The molecule has 2 N–H and O–H groups in total. The van der Waals surface area contributed by atoms with Gasteiger partial charge in [0.05, 0.1) is 25.0 Å². The number of hydrogen-bond acceptors (Lipinski definition) is 4. The molecular formula is C13H23N3O3. The molecule has 1 aromatic heterocycles. The molecule has 0 aromatic carbocycles. The molecule has 0 amide bonds. The first-order valence-electron chi connectivity index (χ1n) is 6.43. The smallest absolute Gasteiger partial charge is 0.325 e. The van der Waals surface area contributed by atoms with Crippen LogP contribution in [-0.4, -0.2) is 38.5 Å². The fourth-order valence-corrected chi connectivity index (χ4v) is 1.90. The van der Waals surface area contributed by atoms with E-state index in [0.717, 1.165) is 0 Å². The van der Waals surface area contributed by atoms with Crippen molar-refractivity contribution >= 4 is 5.97 Å². The van der Waals surface area contributed by atoms with E-state index in [0.29, 0.717) is 5.75 Å². The van der Waals surface area contributed by atoms with Crippen LogP contribution in [0.2, 0.25) is 0 Å². The van der Waals surface area contributed by atoms with Crippen molar-refractivity contribution in [2.24, 2.45) is 0 Å². The van der Waals surface area contributed by atoms with Crippen molar-refractivity contribution in [2.75, 3.05) is 0 Å². The molecule has 0 saturated heterocycles. The van der Waals surface area contributed by atoms with Gasteiger partial charge in [0, 0.05) is 6.04 Å². The highest BCUT2D eigenvalue weighted by atomic mass is 16.5. The molecule has 6 heteroatoms. The Balaban J connectivity index is 2.79. The first-order valence-corrected chi connectivity index (χ1v) is 6.43. The third-order valence-corrected chi connectivity index (χ3v) is 2.54. The maximum absolute atomic E-state index is 11.4. The highest BCUT2D eigenvalue weighted by Crippen LogP contribution is 2.14. The summed E-state index contributed by atoms with van der Waals surface area (Å²) in [5, 5.41) is 16.5. The van der Waals surface area contributed by atoms with Crippen LogP contribution >= 0.6 is 0 Å². The maximum Gasteiger partial charge on any atom is 0.325 e. The number of carboxylic acids is 1. The molecule has 0 aliphatic rings. The van der Waals surface area contributed by atoms with Gasteiger partial charge in [-0.3, -0.25) is 14.8 Å². The van der Waals surface area contributed by atoms with Gasteiger partial charge in [0.25, 0.3) is 0 Å². The van der Waals surface area contributed by atoms with Crippen molar-refractivity contribution in [2.45, 2.75) is 58.8 Å². The number of ether oxygens (including phenoxy) is 1. The third kappa shape index (κ3) is 4.55. The topological polar surface area (TPSA) is 76.4 Å². The van der Waals surface area contributed by atoms with Gasteiger partial charge in [0.1, 0.15) is 5.54 Å². The average Bonchev–Trinajstić information content (AvgIpc) is 2.62. The summed E-state index contributed by atoms with van der Waals surface area (Å²) < 4.78 is 7.08. The summed E-state index contributed by atoms with van der Waals surface area (Å²) in [6.07, 6.45) is 3.37. The lowest BCUT2D eigenvalue weighted by atomic mass is 10.0. The molecule has 1 atom stereocenters. The molecule has 6 nitrogen and oxygen atoms in total. The highest BCUT2D eigenvalue weighted by Gasteiger charge is 2.34. The number of nitrogens with zero attached hydrogens (tertiary/aromatic N) is 2. The van der Waals surface area contributed by atoms with Crippen LogP contribution in [0.5, 0.6) is 5.75 Å². The summed E-state index contributed by atoms with van der Waals surface area (Å²) in [6, 6.07) is 0.0723. The molecule has 0 radical (unpaired) electrons. The zero-order valence-electron chi connectivity index (χ0n) is 12.2. The molecule has 0 spiro atoms. The fraction of sp³-hybridized carbons (Fsp3) is 0.692. The SMILES string of the molecule is CC(C)NC(C)(Cn1cc(OC(C)C)cn1)C(=O)O. The zero-order chi connectivity index (χ0) is 14.6. The molecule has 19 heavy (non-hydrogen) atoms. The van der Waals surface area contributed by atoms with Crippen LogP contribution in [0.3, 0.4) is 0 Å². The van der Waals surface area contributed by atoms with Gasteiger partial charge < -0.3 is 9.84 Å². The van der Waals surface area contributed by atoms with E-state index in [1.807, 2.05) is 27.7 Å². The van der Waals surface area contributed by atoms with Gasteiger partial charge in [-0.2, -0.15) is 5.10 Å². The molecule has 1 aromatic rings. The van der Waals surface area contributed by atoms with Crippen LogP contribution < -0.4 is 10.1 Å². The number of nitrogens with one attached hydrogen (secondary N) is 1. The Morgan fingerprint density at radius 2 is 2.16 bits per heavy atom. The summed E-state index contributed by atoms with van der Waals surface area (Å²) in [5.41, 5.74) is -1.06. The van der Waals surface area contributed by atoms with Crippen molar-refractivity contribution < 1.29 is 14.6 Å². The number of rotatable bonds is 7. The lowest BCUT2D eigenvalue weighted by molar-refractivity contribution is -0.145. The Bertz CT molecular complexity index is 429. The number of aromatic nitrogens is 2. The van der Waals surface area contributed by atoms with Crippen LogP contribution in [-0.2, 0) is 11.3 Å². The zero-order valence-corrected chi connectivity index (χ0v) is 12.2. The van der Waals surface area contributed by atoms with Gasteiger partial charge in [-0.05, 0) is 34.6 Å². The van der Waals surface area contributed by atoms with Gasteiger partial charge in [-0.25, -0.2) is 0 Å². The molecule has 108 valence electrons. The minimum absolute atomic E-state index is 0.0669. The van der Waals surface area contributed by atoms with E-state index in [-0.39, 0.29) is 18.7 Å². The Hall–Kier alpha value is -1.56. The van der Waals surface area contributed by atoms with E-state index < -0.39 is 11.5 Å². The molecular weight excluding hydrogens is 246 g/mol. The van der Waals surface area contributed by atoms with E-state index in [9.17, 15) is 9.90 Å². The third-order valence-electron chi connectivity index (χ3n) is 2.54. The molecule has 0 aliphatic carbocycles. The van der Waals surface area contributed by atoms with Crippen LogP contribution in [0.1, 0.15) is 34.6 Å². The van der Waals surface area contributed by atoms with E-state index in [4.69, 9.17) is 4.74 Å². The van der Waals surface area contributed by atoms with Gasteiger partial charge in [-0.15, -0.1) is 0 Å². The molecule has 0 bridgehead atoms. The van der Waals surface area contributed by atoms with Crippen molar-refractivity contribution in [3.63, 3.8) is 0 Å². The lowest BCUT2D eigenvalue weighted by Crippen LogP contribution is -2.55. The van der Waals surface area contributed by atoms with E-state index >= 15 is 0 Å². The highest BCUT2D eigenvalue weighted by molar-refractivity contribution is 5.78. The van der Waals surface area contributed by atoms with Gasteiger partial charge in [-0.1, -0.05) is 0 Å². The van der Waals surface area contributed by atoms with Crippen molar-refractivity contribution in [3.05, 3.63) is 12.4 Å². The van der Waals surface area contributed by atoms with Crippen molar-refractivity contribution in [1.82, 2.24) is 15.1 Å². The molecule has 1 heterocycles. The molecule has 0 saturated carbocycles. The summed E-state index contributed by atoms with van der Waals surface area (Å²) in [7, 11) is 0. The summed E-state index contributed by atoms with van der Waals surface area (Å²) >= 11 is 0. The number of carboxylic acid groups (broad SMARTS) is 1. The summed E-state index contributed by atoms with van der Waals surface area (Å²) in [4.78, 5) is 11.4. The average molecular weight is 269 g/mol. The van der Waals surface area contributed by atoms with Crippen LogP contribution in [0, 0.1) is 0 Å². The monoisotopic (exact) mass is 269 g/mol. The van der Waals surface area contributed by atoms with Crippen LogP contribution in [0.4, 0.5) is 0 Å². The number of hydrogen-bond donors (Lipinski definition) is 2. The first-order chi connectivity index (χ1) is 8.73. The van der Waals surface area contributed by atoms with Gasteiger partial charge in [0.15, 0.2) is 5.75 Å². The standard InChI is InChI=1S/C13H23N3O3/c1-9(2)15-13(5,12(17)18)8-16-7-11(6-14-16)19-10(3)4/h6-7,9-10,15H,8H2,1-5H3,(H,17,18). The van der Waals surface area contributed by atoms with E-state index in [1.165, 1.54) is 0 Å². The predicted octanol–water partition coefficient (Wildman–Crippen LogP) is 1.51. The Morgan fingerprint density at radius 1 is 1.53 bits per heavy atom. The van der Waals surface area contributed by atoms with Gasteiger partial charge >= 0.3 is 5.97 Å². The second-order valence-corrected chi connectivity index (χ2v) is 5.48. The van der Waals surface area contributed by atoms with Gasteiger partial charge in [0.2, 0.25) is 0 Å². The van der Waals surface area contributed by atoms with Crippen LogP contribution in [0.15, 0.2) is 12.4 Å². The Kier molecular flexibility index (Phi) is 4.94. The minimum Gasteiger partial charge on any atom is -0.488 e. The number of aliphatic carboxylic acids is 1. The maximum atomic E-state index is 11.4. The molecule has 0 aliphatic heterocycles. The Morgan fingerprint density at radius 3 is 2.63 bits per heavy atom. The normalized spacial score (nSPS) is 14.7. The minimum atomic E-state index is -1.06. The quantitative estimate of drug-likeness (QED) is 0.784. The van der Waals surface area contributed by atoms with Crippen molar-refractivity contribution in [1.29, 1.82) is 0 Å². The van der Waals surface area contributed by atoms with Crippen molar-refractivity contribution in [3.8, 4) is 5.75 Å². The molecule has 1 rings (SSSR count). The Labute approximate surface area is 113 Å². The van der Waals surface area contributed by atoms with E-state index in [1.54, 1.807) is 24.0 Å². The lowest BCUT2D eigenvalue weighted by Gasteiger charge is -2.28. The van der Waals surface area contributed by atoms with E-state index in [2.05, 4.69) is 10.4 Å². The summed E-state index contributed by atoms with van der Waals surface area (Å²) in [5.74, 6) is -0.254. The van der Waals surface area contributed by atoms with Crippen LogP contribution in [0.25, 0.3) is 0 Å². The molecule has 0 fully saturated rings.